The average molecular weight is 247 g/mol. The lowest BCUT2D eigenvalue weighted by Crippen LogP contribution is -2.27. The van der Waals surface area contributed by atoms with Gasteiger partial charge in [-0.15, -0.1) is 6.58 Å². The van der Waals surface area contributed by atoms with Gasteiger partial charge in [-0.05, 0) is 31.0 Å². The standard InChI is InChI=1S/C14H17NO3/c1-3-4-5-9-15(2)13(16)11-7-6-8-12(10-11)14(17)18/h3,6-8,10H,1,4-5,9H2,2H3,(H,17,18). The summed E-state index contributed by atoms with van der Waals surface area (Å²) in [5, 5.41) is 8.87. The molecule has 1 N–H and O–H groups in total. The van der Waals surface area contributed by atoms with E-state index in [1.54, 1.807) is 24.1 Å². The lowest BCUT2D eigenvalue weighted by Gasteiger charge is -2.16. The molecule has 0 aromatic heterocycles. The molecular weight excluding hydrogens is 230 g/mol. The molecule has 1 amide bonds. The largest absolute Gasteiger partial charge is 0.478 e. The Morgan fingerprint density at radius 3 is 2.67 bits per heavy atom. The summed E-state index contributed by atoms with van der Waals surface area (Å²) in [7, 11) is 1.71. The molecule has 0 bridgehead atoms. The van der Waals surface area contributed by atoms with Gasteiger partial charge in [-0.1, -0.05) is 12.1 Å². The summed E-state index contributed by atoms with van der Waals surface area (Å²) >= 11 is 0. The summed E-state index contributed by atoms with van der Waals surface area (Å²) in [6.07, 6.45) is 3.51. The molecule has 0 fully saturated rings. The summed E-state index contributed by atoms with van der Waals surface area (Å²) in [6, 6.07) is 6.07. The molecule has 0 heterocycles. The molecule has 0 radical (unpaired) electrons. The molecule has 0 saturated carbocycles. The fraction of sp³-hybridized carbons (Fsp3) is 0.286. The van der Waals surface area contributed by atoms with Gasteiger partial charge < -0.3 is 10.0 Å². The molecule has 4 heteroatoms. The summed E-state index contributed by atoms with van der Waals surface area (Å²) in [4.78, 5) is 24.4. The number of hydrogen-bond acceptors (Lipinski definition) is 2. The SMILES string of the molecule is C=CCCCN(C)C(=O)c1cccc(C(=O)O)c1. The van der Waals surface area contributed by atoms with Crippen LogP contribution in [0.3, 0.4) is 0 Å². The van der Waals surface area contributed by atoms with Crippen molar-refractivity contribution in [2.75, 3.05) is 13.6 Å². The van der Waals surface area contributed by atoms with Crippen molar-refractivity contribution in [3.63, 3.8) is 0 Å². The highest BCUT2D eigenvalue weighted by atomic mass is 16.4. The van der Waals surface area contributed by atoms with Gasteiger partial charge in [0.15, 0.2) is 0 Å². The predicted molar refractivity (Wildman–Crippen MR) is 69.8 cm³/mol. The first-order valence-corrected chi connectivity index (χ1v) is 5.76. The van der Waals surface area contributed by atoms with Crippen LogP contribution in [0.15, 0.2) is 36.9 Å². The number of carbonyl (C=O) groups excluding carboxylic acids is 1. The quantitative estimate of drug-likeness (QED) is 0.620. The third-order valence-corrected chi connectivity index (χ3v) is 2.60. The van der Waals surface area contributed by atoms with E-state index in [0.717, 1.165) is 12.8 Å². The second-order valence-corrected chi connectivity index (χ2v) is 4.04. The topological polar surface area (TPSA) is 57.6 Å². The van der Waals surface area contributed by atoms with E-state index in [9.17, 15) is 9.59 Å². The number of allylic oxidation sites excluding steroid dienone is 1. The number of carboxylic acid groups (broad SMARTS) is 1. The van der Waals surface area contributed by atoms with Crippen LogP contribution in [0.2, 0.25) is 0 Å². The first-order valence-electron chi connectivity index (χ1n) is 5.76. The second-order valence-electron chi connectivity index (χ2n) is 4.04. The molecule has 18 heavy (non-hydrogen) atoms. The lowest BCUT2D eigenvalue weighted by molar-refractivity contribution is 0.0697. The number of unbranched alkanes of at least 4 members (excludes halogenated alkanes) is 1. The van der Waals surface area contributed by atoms with E-state index in [2.05, 4.69) is 6.58 Å². The highest BCUT2D eigenvalue weighted by molar-refractivity contribution is 5.97. The Morgan fingerprint density at radius 2 is 2.06 bits per heavy atom. The van der Waals surface area contributed by atoms with E-state index in [0.29, 0.717) is 12.1 Å². The van der Waals surface area contributed by atoms with Crippen molar-refractivity contribution < 1.29 is 14.7 Å². The van der Waals surface area contributed by atoms with Crippen LogP contribution in [0.25, 0.3) is 0 Å². The zero-order valence-corrected chi connectivity index (χ0v) is 10.4. The molecule has 1 rings (SSSR count). The number of aromatic carboxylic acids is 1. The van der Waals surface area contributed by atoms with Crippen LogP contribution in [0, 0.1) is 0 Å². The number of nitrogens with zero attached hydrogens (tertiary/aromatic N) is 1. The normalized spacial score (nSPS) is 9.83. The van der Waals surface area contributed by atoms with E-state index in [-0.39, 0.29) is 11.5 Å². The summed E-state index contributed by atoms with van der Waals surface area (Å²) in [5.74, 6) is -1.19. The lowest BCUT2D eigenvalue weighted by atomic mass is 10.1. The highest BCUT2D eigenvalue weighted by Crippen LogP contribution is 2.08. The number of amides is 1. The number of hydrogen-bond donors (Lipinski definition) is 1. The van der Waals surface area contributed by atoms with E-state index >= 15 is 0 Å². The zero-order valence-electron chi connectivity index (χ0n) is 10.4. The van der Waals surface area contributed by atoms with Gasteiger partial charge in [0, 0.05) is 19.2 Å². The van der Waals surface area contributed by atoms with E-state index < -0.39 is 5.97 Å². The third kappa shape index (κ3) is 3.73. The number of carboxylic acids is 1. The van der Waals surface area contributed by atoms with Gasteiger partial charge in [0.2, 0.25) is 0 Å². The Bertz CT molecular complexity index is 454. The van der Waals surface area contributed by atoms with Gasteiger partial charge >= 0.3 is 5.97 Å². The molecule has 4 nitrogen and oxygen atoms in total. The maximum atomic E-state index is 12.0. The zero-order chi connectivity index (χ0) is 13.5. The smallest absolute Gasteiger partial charge is 0.335 e. The van der Waals surface area contributed by atoms with Crippen LogP contribution in [0.4, 0.5) is 0 Å². The van der Waals surface area contributed by atoms with Crippen LogP contribution in [-0.4, -0.2) is 35.5 Å². The van der Waals surface area contributed by atoms with E-state index in [4.69, 9.17) is 5.11 Å². The minimum absolute atomic E-state index is 0.125. The highest BCUT2D eigenvalue weighted by Gasteiger charge is 2.13. The van der Waals surface area contributed by atoms with Crippen LogP contribution in [0.1, 0.15) is 33.6 Å². The molecule has 1 aromatic rings. The van der Waals surface area contributed by atoms with Gasteiger partial charge in [-0.25, -0.2) is 4.79 Å². The molecule has 96 valence electrons. The van der Waals surface area contributed by atoms with Gasteiger partial charge in [0.05, 0.1) is 5.56 Å². The molecule has 1 aromatic carbocycles. The molecule has 0 saturated heterocycles. The predicted octanol–water partition coefficient (Wildman–Crippen LogP) is 2.42. The minimum Gasteiger partial charge on any atom is -0.478 e. The fourth-order valence-electron chi connectivity index (χ4n) is 1.58. The average Bonchev–Trinajstić information content (AvgIpc) is 2.38. The molecule has 0 spiro atoms. The van der Waals surface area contributed by atoms with Crippen molar-refractivity contribution in [3.8, 4) is 0 Å². The van der Waals surface area contributed by atoms with Gasteiger partial charge in [-0.2, -0.15) is 0 Å². The van der Waals surface area contributed by atoms with Crippen molar-refractivity contribution in [1.29, 1.82) is 0 Å². The Morgan fingerprint density at radius 1 is 1.39 bits per heavy atom. The monoisotopic (exact) mass is 247 g/mol. The summed E-state index contributed by atoms with van der Waals surface area (Å²) in [5.41, 5.74) is 0.524. The maximum Gasteiger partial charge on any atom is 0.335 e. The van der Waals surface area contributed by atoms with Crippen LogP contribution in [-0.2, 0) is 0 Å². The van der Waals surface area contributed by atoms with Crippen molar-refractivity contribution in [2.24, 2.45) is 0 Å². The van der Waals surface area contributed by atoms with Gasteiger partial charge in [0.1, 0.15) is 0 Å². The third-order valence-electron chi connectivity index (χ3n) is 2.60. The van der Waals surface area contributed by atoms with Crippen molar-refractivity contribution in [1.82, 2.24) is 4.90 Å². The van der Waals surface area contributed by atoms with Crippen LogP contribution in [0.5, 0.6) is 0 Å². The first-order chi connectivity index (χ1) is 8.56. The summed E-state index contributed by atoms with van der Waals surface area (Å²) in [6.45, 7) is 4.25. The Hall–Kier alpha value is -2.10. The fourth-order valence-corrected chi connectivity index (χ4v) is 1.58. The molecule has 0 unspecified atom stereocenters. The second kappa shape index (κ2) is 6.59. The molecular formula is C14H17NO3. The minimum atomic E-state index is -1.03. The van der Waals surface area contributed by atoms with E-state index in [1.165, 1.54) is 12.1 Å². The Labute approximate surface area is 107 Å². The Balaban J connectivity index is 2.73. The summed E-state index contributed by atoms with van der Waals surface area (Å²) < 4.78 is 0. The first kappa shape index (κ1) is 14.0. The Kier molecular flexibility index (Phi) is 5.11. The van der Waals surface area contributed by atoms with Crippen LogP contribution >= 0.6 is 0 Å². The van der Waals surface area contributed by atoms with Crippen molar-refractivity contribution >= 4 is 11.9 Å². The van der Waals surface area contributed by atoms with Gasteiger partial charge in [0.25, 0.3) is 5.91 Å². The molecule has 0 aliphatic heterocycles. The maximum absolute atomic E-state index is 12.0. The van der Waals surface area contributed by atoms with E-state index in [1.807, 2.05) is 6.08 Å². The van der Waals surface area contributed by atoms with Crippen LogP contribution < -0.4 is 0 Å². The molecule has 0 aliphatic rings. The molecule has 0 atom stereocenters. The number of benzene rings is 1. The number of rotatable bonds is 6. The molecule has 0 aliphatic carbocycles. The number of carbonyl (C=O) groups is 2. The van der Waals surface area contributed by atoms with Crippen molar-refractivity contribution in [2.45, 2.75) is 12.8 Å². The van der Waals surface area contributed by atoms with Crippen molar-refractivity contribution in [3.05, 3.63) is 48.0 Å². The van der Waals surface area contributed by atoms with Gasteiger partial charge in [-0.3, -0.25) is 4.79 Å².